The van der Waals surface area contributed by atoms with Gasteiger partial charge in [0.1, 0.15) is 10.7 Å². The third-order valence-electron chi connectivity index (χ3n) is 5.27. The molecule has 146 valence electrons. The number of carbonyl (C=O) groups excluding carboxylic acids is 1. The van der Waals surface area contributed by atoms with Crippen LogP contribution in [0.4, 0.5) is 0 Å². The van der Waals surface area contributed by atoms with Gasteiger partial charge in [0.05, 0.1) is 5.39 Å². The molecule has 0 saturated carbocycles. The van der Waals surface area contributed by atoms with Crippen molar-refractivity contribution in [1.29, 1.82) is 0 Å². The Balaban J connectivity index is 1.30. The van der Waals surface area contributed by atoms with Gasteiger partial charge in [-0.1, -0.05) is 30.3 Å². The van der Waals surface area contributed by atoms with E-state index in [1.54, 1.807) is 11.3 Å². The summed E-state index contributed by atoms with van der Waals surface area (Å²) in [5.74, 6) is 0.608. The molecule has 5 nitrogen and oxygen atoms in total. The molecule has 0 atom stereocenters. The molecule has 4 rings (SSSR count). The molecule has 2 heterocycles. The summed E-state index contributed by atoms with van der Waals surface area (Å²) in [6.07, 6.45) is 7.03. The first-order chi connectivity index (χ1) is 13.7. The molecule has 0 bridgehead atoms. The highest BCUT2D eigenvalue weighted by Crippen LogP contribution is 2.33. The summed E-state index contributed by atoms with van der Waals surface area (Å²) in [7, 11) is 0. The van der Waals surface area contributed by atoms with Gasteiger partial charge in [-0.15, -0.1) is 11.3 Å². The van der Waals surface area contributed by atoms with E-state index in [1.165, 1.54) is 22.4 Å². The molecule has 1 amide bonds. The van der Waals surface area contributed by atoms with Crippen molar-refractivity contribution in [1.82, 2.24) is 15.3 Å². The molecule has 1 aliphatic rings. The van der Waals surface area contributed by atoms with E-state index in [0.717, 1.165) is 42.3 Å². The van der Waals surface area contributed by atoms with Crippen molar-refractivity contribution in [3.8, 4) is 0 Å². The van der Waals surface area contributed by atoms with Crippen LogP contribution in [0.3, 0.4) is 0 Å². The van der Waals surface area contributed by atoms with E-state index < -0.39 is 0 Å². The molecule has 28 heavy (non-hydrogen) atoms. The van der Waals surface area contributed by atoms with E-state index >= 15 is 0 Å². The van der Waals surface area contributed by atoms with Crippen molar-refractivity contribution in [3.63, 3.8) is 0 Å². The lowest BCUT2D eigenvalue weighted by Gasteiger charge is -2.09. The van der Waals surface area contributed by atoms with Crippen molar-refractivity contribution in [2.24, 2.45) is 0 Å². The average molecular weight is 396 g/mol. The number of hydrogen-bond acceptors (Lipinski definition) is 4. The number of aromatic amines is 1. The summed E-state index contributed by atoms with van der Waals surface area (Å²) in [5, 5.41) is 3.73. The summed E-state index contributed by atoms with van der Waals surface area (Å²) in [4.78, 5) is 34.3. The highest BCUT2D eigenvalue weighted by atomic mass is 32.1. The molecule has 1 aromatic carbocycles. The number of thiophene rings is 1. The molecule has 0 fully saturated rings. The standard InChI is InChI=1S/C22H25N3O2S/c26-19(23-14-6-9-15-7-2-1-3-8-15)13-12-18-24-21(27)20-16-10-4-5-11-17(16)28-22(20)25-18/h1-3,7-8H,4-6,9-14H2,(H,23,26)(H,24,25,27). The van der Waals surface area contributed by atoms with Crippen molar-refractivity contribution in [2.75, 3.05) is 6.54 Å². The number of H-pyrrole nitrogens is 1. The molecule has 3 aromatic rings. The van der Waals surface area contributed by atoms with Crippen LogP contribution in [0.5, 0.6) is 0 Å². The maximum Gasteiger partial charge on any atom is 0.259 e. The number of amides is 1. The monoisotopic (exact) mass is 395 g/mol. The van der Waals surface area contributed by atoms with Gasteiger partial charge < -0.3 is 10.3 Å². The van der Waals surface area contributed by atoms with Gasteiger partial charge in [-0.05, 0) is 49.7 Å². The minimum Gasteiger partial charge on any atom is -0.356 e. The third kappa shape index (κ3) is 4.33. The molecule has 6 heteroatoms. The molecule has 2 aromatic heterocycles. The Kier molecular flexibility index (Phi) is 5.86. The number of rotatable bonds is 7. The number of nitrogens with one attached hydrogen (secondary N) is 2. The molecule has 1 aliphatic carbocycles. The van der Waals surface area contributed by atoms with Gasteiger partial charge in [0.15, 0.2) is 0 Å². The minimum atomic E-state index is -0.0531. The number of nitrogens with zero attached hydrogens (tertiary/aromatic N) is 1. The van der Waals surface area contributed by atoms with Crippen LogP contribution < -0.4 is 10.9 Å². The summed E-state index contributed by atoms with van der Waals surface area (Å²) in [5.41, 5.74) is 2.43. The normalized spacial score (nSPS) is 13.4. The molecule has 0 radical (unpaired) electrons. The fourth-order valence-electron chi connectivity index (χ4n) is 3.81. The zero-order valence-electron chi connectivity index (χ0n) is 15.9. The van der Waals surface area contributed by atoms with Gasteiger partial charge in [0.25, 0.3) is 5.56 Å². The van der Waals surface area contributed by atoms with Crippen LogP contribution in [-0.4, -0.2) is 22.4 Å². The lowest BCUT2D eigenvalue weighted by atomic mass is 9.97. The Morgan fingerprint density at radius 3 is 2.82 bits per heavy atom. The maximum atomic E-state index is 12.5. The van der Waals surface area contributed by atoms with Gasteiger partial charge in [0.2, 0.25) is 5.91 Å². The second-order valence-electron chi connectivity index (χ2n) is 7.34. The van der Waals surface area contributed by atoms with E-state index in [0.29, 0.717) is 25.2 Å². The fourth-order valence-corrected chi connectivity index (χ4v) is 5.09. The Morgan fingerprint density at radius 2 is 1.96 bits per heavy atom. The predicted octanol–water partition coefficient (Wildman–Crippen LogP) is 3.55. The molecule has 0 spiro atoms. The van der Waals surface area contributed by atoms with E-state index in [4.69, 9.17) is 0 Å². The van der Waals surface area contributed by atoms with Crippen LogP contribution >= 0.6 is 11.3 Å². The highest BCUT2D eigenvalue weighted by Gasteiger charge is 2.19. The first-order valence-electron chi connectivity index (χ1n) is 10.0. The number of benzene rings is 1. The molecular weight excluding hydrogens is 370 g/mol. The Morgan fingerprint density at radius 1 is 1.14 bits per heavy atom. The lowest BCUT2D eigenvalue weighted by molar-refractivity contribution is -0.121. The SMILES string of the molecule is O=C(CCc1nc2sc3c(c2c(=O)[nH]1)CCCC3)NCCCc1ccccc1. The first-order valence-corrected chi connectivity index (χ1v) is 10.9. The third-order valence-corrected chi connectivity index (χ3v) is 6.46. The van der Waals surface area contributed by atoms with E-state index in [1.807, 2.05) is 18.2 Å². The Bertz CT molecular complexity index is 1020. The van der Waals surface area contributed by atoms with Gasteiger partial charge in [-0.3, -0.25) is 9.59 Å². The number of aryl methyl sites for hydroxylation is 4. The van der Waals surface area contributed by atoms with E-state index in [9.17, 15) is 9.59 Å². The topological polar surface area (TPSA) is 74.8 Å². The predicted molar refractivity (Wildman–Crippen MR) is 113 cm³/mol. The van der Waals surface area contributed by atoms with Crippen LogP contribution in [0.25, 0.3) is 10.2 Å². The summed E-state index contributed by atoms with van der Waals surface area (Å²) >= 11 is 1.65. The zero-order valence-corrected chi connectivity index (χ0v) is 16.7. The molecule has 0 saturated heterocycles. The van der Waals surface area contributed by atoms with E-state index in [2.05, 4.69) is 27.4 Å². The van der Waals surface area contributed by atoms with Crippen molar-refractivity contribution < 1.29 is 4.79 Å². The molecule has 0 unspecified atom stereocenters. The maximum absolute atomic E-state index is 12.5. The molecular formula is C22H25N3O2S. The number of carbonyl (C=O) groups is 1. The second kappa shape index (κ2) is 8.69. The van der Waals surface area contributed by atoms with Gasteiger partial charge in [-0.25, -0.2) is 4.98 Å². The number of aromatic nitrogens is 2. The van der Waals surface area contributed by atoms with Crippen molar-refractivity contribution in [2.45, 2.75) is 51.4 Å². The van der Waals surface area contributed by atoms with Crippen LogP contribution in [0.2, 0.25) is 0 Å². The number of fused-ring (bicyclic) bond motifs is 3. The van der Waals surface area contributed by atoms with Crippen LogP contribution in [0.15, 0.2) is 35.1 Å². The number of hydrogen-bond donors (Lipinski definition) is 2. The highest BCUT2D eigenvalue weighted by molar-refractivity contribution is 7.18. The average Bonchev–Trinajstić information content (AvgIpc) is 3.09. The zero-order chi connectivity index (χ0) is 19.3. The summed E-state index contributed by atoms with van der Waals surface area (Å²) in [6, 6.07) is 10.3. The van der Waals surface area contributed by atoms with Crippen LogP contribution in [0, 0.1) is 0 Å². The van der Waals surface area contributed by atoms with E-state index in [-0.39, 0.29) is 11.5 Å². The molecule has 2 N–H and O–H groups in total. The quantitative estimate of drug-likeness (QED) is 0.601. The van der Waals surface area contributed by atoms with Gasteiger partial charge >= 0.3 is 0 Å². The van der Waals surface area contributed by atoms with Crippen molar-refractivity contribution >= 4 is 27.5 Å². The van der Waals surface area contributed by atoms with Crippen LogP contribution in [-0.2, 0) is 30.5 Å². The Hall–Kier alpha value is -2.47. The fraction of sp³-hybridized carbons (Fsp3) is 0.409. The smallest absolute Gasteiger partial charge is 0.259 e. The minimum absolute atomic E-state index is 0.00119. The molecule has 0 aliphatic heterocycles. The summed E-state index contributed by atoms with van der Waals surface area (Å²) < 4.78 is 0. The second-order valence-corrected chi connectivity index (χ2v) is 8.43. The summed E-state index contributed by atoms with van der Waals surface area (Å²) in [6.45, 7) is 0.661. The van der Waals surface area contributed by atoms with Gasteiger partial charge in [-0.2, -0.15) is 0 Å². The van der Waals surface area contributed by atoms with Crippen LogP contribution in [0.1, 0.15) is 47.5 Å². The van der Waals surface area contributed by atoms with Gasteiger partial charge in [0, 0.05) is 24.3 Å². The lowest BCUT2D eigenvalue weighted by Crippen LogP contribution is -2.25. The largest absolute Gasteiger partial charge is 0.356 e. The Labute approximate surface area is 168 Å². The first kappa shape index (κ1) is 18.9. The van der Waals surface area contributed by atoms with Crippen molar-refractivity contribution in [3.05, 3.63) is 62.5 Å².